The van der Waals surface area contributed by atoms with Crippen molar-refractivity contribution in [2.45, 2.75) is 13.8 Å². The summed E-state index contributed by atoms with van der Waals surface area (Å²) in [5.74, 6) is -0.0761. The third-order valence-corrected chi connectivity index (χ3v) is 3.33. The van der Waals surface area contributed by atoms with Crippen LogP contribution in [-0.2, 0) is 9.59 Å². The lowest BCUT2D eigenvalue weighted by molar-refractivity contribution is -0.138. The molecule has 0 fully saturated rings. The summed E-state index contributed by atoms with van der Waals surface area (Å²) >= 11 is 0. The van der Waals surface area contributed by atoms with Gasteiger partial charge in [-0.3, -0.25) is 14.5 Å². The van der Waals surface area contributed by atoms with Crippen LogP contribution in [0.5, 0.6) is 5.75 Å². The van der Waals surface area contributed by atoms with Crippen LogP contribution in [0, 0.1) is 6.92 Å². The van der Waals surface area contributed by atoms with E-state index in [1.165, 1.54) is 19.1 Å². The van der Waals surface area contributed by atoms with Crippen molar-refractivity contribution in [1.29, 1.82) is 0 Å². The van der Waals surface area contributed by atoms with Gasteiger partial charge in [-0.2, -0.15) is 0 Å². The fourth-order valence-corrected chi connectivity index (χ4v) is 2.24. The minimum atomic E-state index is -0.355. The largest absolute Gasteiger partial charge is 0.507 e. The van der Waals surface area contributed by atoms with Crippen molar-refractivity contribution in [3.05, 3.63) is 35.9 Å². The number of hydrogen-bond donors (Lipinski definition) is 2. The summed E-state index contributed by atoms with van der Waals surface area (Å²) < 4.78 is 5.31. The Hall–Kier alpha value is -3.16. The van der Waals surface area contributed by atoms with Crippen molar-refractivity contribution in [2.24, 2.45) is 0 Å². The van der Waals surface area contributed by atoms with Crippen molar-refractivity contribution >= 4 is 17.5 Å². The Morgan fingerprint density at radius 2 is 2.17 bits per heavy atom. The molecule has 8 nitrogen and oxygen atoms in total. The number of amides is 2. The highest BCUT2D eigenvalue weighted by molar-refractivity contribution is 6.03. The SMILES string of the molecule is CC(=O)N1CC(Nc2ccc(O)c(-c3nnc(C)o3)c2)=CC1=O. The van der Waals surface area contributed by atoms with Crippen LogP contribution in [0.4, 0.5) is 5.69 Å². The molecule has 2 aromatic rings. The minimum absolute atomic E-state index is 0.000963. The van der Waals surface area contributed by atoms with E-state index >= 15 is 0 Å². The molecule has 0 unspecified atom stereocenters. The van der Waals surface area contributed by atoms with Gasteiger partial charge < -0.3 is 14.8 Å². The maximum atomic E-state index is 11.7. The topological polar surface area (TPSA) is 109 Å². The first-order valence-electron chi connectivity index (χ1n) is 6.87. The van der Waals surface area contributed by atoms with Gasteiger partial charge in [0.1, 0.15) is 5.75 Å². The van der Waals surface area contributed by atoms with Gasteiger partial charge in [0.25, 0.3) is 11.8 Å². The van der Waals surface area contributed by atoms with E-state index in [1.54, 1.807) is 19.1 Å². The number of nitrogens with one attached hydrogen (secondary N) is 1. The highest BCUT2D eigenvalue weighted by atomic mass is 16.4. The first-order valence-corrected chi connectivity index (χ1v) is 6.87. The van der Waals surface area contributed by atoms with Crippen LogP contribution in [0.1, 0.15) is 12.8 Å². The first-order chi connectivity index (χ1) is 10.9. The molecule has 0 saturated carbocycles. The van der Waals surface area contributed by atoms with E-state index in [-0.39, 0.29) is 30.0 Å². The molecule has 0 spiro atoms. The summed E-state index contributed by atoms with van der Waals surface area (Å²) in [6.07, 6.45) is 1.37. The number of hydrogen-bond acceptors (Lipinski definition) is 7. The van der Waals surface area contributed by atoms with Gasteiger partial charge in [0, 0.05) is 31.3 Å². The van der Waals surface area contributed by atoms with Crippen LogP contribution < -0.4 is 5.32 Å². The summed E-state index contributed by atoms with van der Waals surface area (Å²) in [7, 11) is 0. The molecule has 23 heavy (non-hydrogen) atoms. The highest BCUT2D eigenvalue weighted by Crippen LogP contribution is 2.31. The summed E-state index contributed by atoms with van der Waals surface area (Å²) in [5.41, 5.74) is 1.59. The van der Waals surface area contributed by atoms with E-state index in [0.29, 0.717) is 22.8 Å². The predicted octanol–water partition coefficient (Wildman–Crippen LogP) is 1.44. The lowest BCUT2D eigenvalue weighted by Gasteiger charge is -2.13. The van der Waals surface area contributed by atoms with Crippen molar-refractivity contribution in [3.63, 3.8) is 0 Å². The van der Waals surface area contributed by atoms with Crippen molar-refractivity contribution in [1.82, 2.24) is 15.1 Å². The third kappa shape index (κ3) is 2.91. The Balaban J connectivity index is 1.84. The minimum Gasteiger partial charge on any atom is -0.507 e. The fourth-order valence-electron chi connectivity index (χ4n) is 2.24. The molecule has 0 bridgehead atoms. The molecule has 2 amide bonds. The summed E-state index contributed by atoms with van der Waals surface area (Å²) in [6, 6.07) is 4.76. The zero-order valence-electron chi connectivity index (χ0n) is 12.5. The molecular weight excluding hydrogens is 300 g/mol. The van der Waals surface area contributed by atoms with Crippen LogP contribution in [-0.4, -0.2) is 38.6 Å². The van der Waals surface area contributed by atoms with Crippen LogP contribution in [0.15, 0.2) is 34.4 Å². The zero-order valence-corrected chi connectivity index (χ0v) is 12.5. The Kier molecular flexibility index (Phi) is 3.57. The van der Waals surface area contributed by atoms with Crippen LogP contribution in [0.2, 0.25) is 0 Å². The average Bonchev–Trinajstić information content (AvgIpc) is 3.07. The van der Waals surface area contributed by atoms with Gasteiger partial charge in [-0.1, -0.05) is 0 Å². The third-order valence-electron chi connectivity index (χ3n) is 3.33. The Bertz CT molecular complexity index is 825. The van der Waals surface area contributed by atoms with Gasteiger partial charge in [-0.15, -0.1) is 10.2 Å². The van der Waals surface area contributed by atoms with Gasteiger partial charge in [-0.25, -0.2) is 0 Å². The number of aromatic hydroxyl groups is 1. The number of benzene rings is 1. The van der Waals surface area contributed by atoms with Crippen molar-refractivity contribution in [3.8, 4) is 17.2 Å². The molecule has 1 aliphatic rings. The van der Waals surface area contributed by atoms with Gasteiger partial charge in [0.05, 0.1) is 12.1 Å². The molecule has 0 saturated heterocycles. The van der Waals surface area contributed by atoms with Crippen LogP contribution in [0.25, 0.3) is 11.5 Å². The lowest BCUT2D eigenvalue weighted by atomic mass is 10.1. The molecule has 118 valence electrons. The summed E-state index contributed by atoms with van der Waals surface area (Å²) in [5, 5.41) is 20.6. The molecule has 8 heteroatoms. The second-order valence-electron chi connectivity index (χ2n) is 5.10. The summed E-state index contributed by atoms with van der Waals surface area (Å²) in [4.78, 5) is 24.1. The number of carbonyl (C=O) groups is 2. The van der Waals surface area contributed by atoms with Crippen LogP contribution in [0.3, 0.4) is 0 Å². The molecule has 0 atom stereocenters. The van der Waals surface area contributed by atoms with Gasteiger partial charge >= 0.3 is 0 Å². The average molecular weight is 314 g/mol. The maximum absolute atomic E-state index is 11.7. The lowest BCUT2D eigenvalue weighted by Crippen LogP contribution is -2.31. The molecular formula is C15H14N4O4. The zero-order chi connectivity index (χ0) is 16.6. The summed E-state index contributed by atoms with van der Waals surface area (Å²) in [6.45, 7) is 3.18. The van der Waals surface area contributed by atoms with Gasteiger partial charge in [0.2, 0.25) is 11.8 Å². The Labute approximate surface area is 131 Å². The highest BCUT2D eigenvalue weighted by Gasteiger charge is 2.24. The smallest absolute Gasteiger partial charge is 0.255 e. The number of phenolic OH excluding ortho intramolecular Hbond substituents is 1. The molecule has 3 rings (SSSR count). The Morgan fingerprint density at radius 3 is 2.78 bits per heavy atom. The number of aromatic nitrogens is 2. The standard InChI is InChI=1S/C15H14N4O4/c1-8-17-18-15(23-8)12-5-10(3-4-13(12)21)16-11-6-14(22)19(7-11)9(2)20/h3-6,16,21H,7H2,1-2H3. The first kappa shape index (κ1) is 14.8. The van der Waals surface area contributed by atoms with E-state index in [2.05, 4.69) is 15.5 Å². The number of rotatable bonds is 3. The van der Waals surface area contributed by atoms with Crippen LogP contribution >= 0.6 is 0 Å². The fraction of sp³-hybridized carbons (Fsp3) is 0.200. The van der Waals surface area contributed by atoms with E-state index in [1.807, 2.05) is 0 Å². The van der Waals surface area contributed by atoms with E-state index < -0.39 is 0 Å². The van der Waals surface area contributed by atoms with Gasteiger partial charge in [-0.05, 0) is 18.2 Å². The second-order valence-corrected chi connectivity index (χ2v) is 5.10. The number of imide groups is 1. The Morgan fingerprint density at radius 1 is 1.39 bits per heavy atom. The quantitative estimate of drug-likeness (QED) is 0.825. The number of anilines is 1. The van der Waals surface area contributed by atoms with E-state index in [0.717, 1.165) is 4.90 Å². The molecule has 1 aliphatic heterocycles. The normalized spacial score (nSPS) is 14.1. The molecule has 1 aromatic carbocycles. The number of phenols is 1. The predicted molar refractivity (Wildman–Crippen MR) is 80.2 cm³/mol. The molecule has 2 heterocycles. The molecule has 1 aromatic heterocycles. The monoisotopic (exact) mass is 314 g/mol. The van der Waals surface area contributed by atoms with E-state index in [9.17, 15) is 14.7 Å². The maximum Gasteiger partial charge on any atom is 0.255 e. The molecule has 2 N–H and O–H groups in total. The number of aryl methyl sites for hydroxylation is 1. The van der Waals surface area contributed by atoms with Crippen molar-refractivity contribution in [2.75, 3.05) is 11.9 Å². The molecule has 0 radical (unpaired) electrons. The van der Waals surface area contributed by atoms with Gasteiger partial charge in [0.15, 0.2) is 0 Å². The second kappa shape index (κ2) is 5.56. The van der Waals surface area contributed by atoms with E-state index in [4.69, 9.17) is 4.42 Å². The molecule has 0 aliphatic carbocycles. The number of carbonyl (C=O) groups excluding carboxylic acids is 2. The number of nitrogens with zero attached hydrogens (tertiary/aromatic N) is 3. The van der Waals surface area contributed by atoms with Crippen molar-refractivity contribution < 1.29 is 19.1 Å².